The highest BCUT2D eigenvalue weighted by Crippen LogP contribution is 2.36. The van der Waals surface area contributed by atoms with Crippen LogP contribution in [0.25, 0.3) is 0 Å². The fraction of sp³-hybridized carbons (Fsp3) is 0.316. The molecule has 0 saturated heterocycles. The van der Waals surface area contributed by atoms with Crippen molar-refractivity contribution in [2.24, 2.45) is 5.73 Å². The summed E-state index contributed by atoms with van der Waals surface area (Å²) in [6.45, 7) is 2.59. The van der Waals surface area contributed by atoms with E-state index in [4.69, 9.17) is 26.8 Å². The monoisotopic (exact) mass is 378 g/mol. The number of rotatable bonds is 9. The number of nitrogens with two attached hydrogens (primary N) is 1. The largest absolute Gasteiger partial charge is 0.493 e. The lowest BCUT2D eigenvalue weighted by Crippen LogP contribution is -2.21. The van der Waals surface area contributed by atoms with Gasteiger partial charge in [0.15, 0.2) is 18.1 Å². The molecule has 2 rings (SSSR count). The summed E-state index contributed by atoms with van der Waals surface area (Å²) in [7, 11) is 1.49. The number of amides is 1. The molecule has 0 spiro atoms. The maximum atomic E-state index is 10.9. The SMILES string of the molecule is COc1cc(CNCC(O)c2ccc(C)cc2)cc(Cl)c1OCC(N)=O. The number of ether oxygens (including phenoxy) is 2. The molecule has 0 aromatic heterocycles. The highest BCUT2D eigenvalue weighted by atomic mass is 35.5. The number of carbonyl (C=O) groups is 1. The fourth-order valence-electron chi connectivity index (χ4n) is 2.42. The van der Waals surface area contributed by atoms with E-state index in [9.17, 15) is 9.90 Å². The van der Waals surface area contributed by atoms with Gasteiger partial charge in [-0.05, 0) is 30.2 Å². The highest BCUT2D eigenvalue weighted by Gasteiger charge is 2.13. The molecule has 7 heteroatoms. The van der Waals surface area contributed by atoms with Crippen molar-refractivity contribution in [1.29, 1.82) is 0 Å². The molecule has 0 heterocycles. The number of halogens is 1. The van der Waals surface area contributed by atoms with Crippen LogP contribution in [0.4, 0.5) is 0 Å². The molecular weight excluding hydrogens is 356 g/mol. The van der Waals surface area contributed by atoms with Gasteiger partial charge in [0.1, 0.15) is 0 Å². The van der Waals surface area contributed by atoms with Gasteiger partial charge in [0.2, 0.25) is 0 Å². The number of methoxy groups -OCH3 is 1. The van der Waals surface area contributed by atoms with Crippen molar-refractivity contribution < 1.29 is 19.4 Å². The lowest BCUT2D eigenvalue weighted by atomic mass is 10.1. The Balaban J connectivity index is 1.97. The average Bonchev–Trinajstić information content (AvgIpc) is 2.60. The Labute approximate surface area is 157 Å². The smallest absolute Gasteiger partial charge is 0.255 e. The van der Waals surface area contributed by atoms with Crippen molar-refractivity contribution in [3.05, 3.63) is 58.1 Å². The number of primary amides is 1. The van der Waals surface area contributed by atoms with Gasteiger partial charge in [-0.2, -0.15) is 0 Å². The van der Waals surface area contributed by atoms with Gasteiger partial charge in [-0.3, -0.25) is 4.79 Å². The van der Waals surface area contributed by atoms with Crippen LogP contribution >= 0.6 is 11.6 Å². The number of aliphatic hydroxyl groups is 1. The predicted octanol–water partition coefficient (Wildman–Crippen LogP) is 2.34. The lowest BCUT2D eigenvalue weighted by molar-refractivity contribution is -0.119. The van der Waals surface area contributed by atoms with Crippen molar-refractivity contribution in [2.45, 2.75) is 19.6 Å². The first-order chi connectivity index (χ1) is 12.4. The van der Waals surface area contributed by atoms with Crippen molar-refractivity contribution in [3.63, 3.8) is 0 Å². The minimum atomic E-state index is -0.605. The van der Waals surface area contributed by atoms with E-state index in [1.807, 2.05) is 31.2 Å². The van der Waals surface area contributed by atoms with Crippen molar-refractivity contribution >= 4 is 17.5 Å². The minimum Gasteiger partial charge on any atom is -0.493 e. The summed E-state index contributed by atoms with van der Waals surface area (Å²) in [5.41, 5.74) is 7.94. The molecular formula is C19H23ClN2O4. The van der Waals surface area contributed by atoms with Crippen LogP contribution < -0.4 is 20.5 Å². The van der Waals surface area contributed by atoms with Crippen molar-refractivity contribution in [1.82, 2.24) is 5.32 Å². The van der Waals surface area contributed by atoms with Crippen LogP contribution in [0.3, 0.4) is 0 Å². The van der Waals surface area contributed by atoms with E-state index in [0.717, 1.165) is 16.7 Å². The molecule has 1 unspecified atom stereocenters. The Bertz CT molecular complexity index is 750. The molecule has 0 bridgehead atoms. The number of benzene rings is 2. The number of hydrogen-bond donors (Lipinski definition) is 3. The summed E-state index contributed by atoms with van der Waals surface area (Å²) in [5, 5.41) is 13.7. The Kier molecular flexibility index (Phi) is 7.26. The summed E-state index contributed by atoms with van der Waals surface area (Å²) in [6, 6.07) is 11.2. The summed E-state index contributed by atoms with van der Waals surface area (Å²) in [4.78, 5) is 10.9. The van der Waals surface area contributed by atoms with E-state index in [2.05, 4.69) is 5.32 Å². The zero-order chi connectivity index (χ0) is 19.1. The van der Waals surface area contributed by atoms with Crippen LogP contribution in [0.2, 0.25) is 5.02 Å². The van der Waals surface area contributed by atoms with E-state index in [-0.39, 0.29) is 12.4 Å². The quantitative estimate of drug-likeness (QED) is 0.622. The van der Waals surface area contributed by atoms with Crippen LogP contribution in [-0.4, -0.2) is 31.3 Å². The van der Waals surface area contributed by atoms with Gasteiger partial charge < -0.3 is 25.6 Å². The van der Waals surface area contributed by atoms with Crippen LogP contribution in [-0.2, 0) is 11.3 Å². The zero-order valence-electron chi connectivity index (χ0n) is 14.8. The first kappa shape index (κ1) is 20.0. The molecule has 0 radical (unpaired) electrons. The molecule has 0 aliphatic rings. The summed E-state index contributed by atoms with van der Waals surface area (Å²) >= 11 is 6.21. The van der Waals surface area contributed by atoms with E-state index >= 15 is 0 Å². The van der Waals surface area contributed by atoms with Crippen molar-refractivity contribution in [3.8, 4) is 11.5 Å². The number of aryl methyl sites for hydroxylation is 1. The van der Waals surface area contributed by atoms with Crippen LogP contribution in [0.15, 0.2) is 36.4 Å². The predicted molar refractivity (Wildman–Crippen MR) is 101 cm³/mol. The summed E-state index contributed by atoms with van der Waals surface area (Å²) in [6.07, 6.45) is -0.605. The molecule has 2 aromatic rings. The van der Waals surface area contributed by atoms with E-state index < -0.39 is 12.0 Å². The molecule has 2 aromatic carbocycles. The summed E-state index contributed by atoms with van der Waals surface area (Å²) in [5.74, 6) is 0.0880. The first-order valence-electron chi connectivity index (χ1n) is 8.13. The molecule has 0 aliphatic carbocycles. The number of carbonyl (C=O) groups excluding carboxylic acids is 1. The van der Waals surface area contributed by atoms with Gasteiger partial charge in [-0.25, -0.2) is 0 Å². The standard InChI is InChI=1S/C19H23ClN2O4/c1-12-3-5-14(6-4-12)16(23)10-22-9-13-7-15(20)19(17(8-13)25-2)26-11-18(21)24/h3-8,16,22-23H,9-11H2,1-2H3,(H2,21,24). The molecule has 6 nitrogen and oxygen atoms in total. The Morgan fingerprint density at radius 3 is 2.62 bits per heavy atom. The second-order valence-electron chi connectivity index (χ2n) is 5.92. The van der Waals surface area contributed by atoms with Gasteiger partial charge in [0.05, 0.1) is 18.2 Å². The van der Waals surface area contributed by atoms with Crippen molar-refractivity contribution in [2.75, 3.05) is 20.3 Å². The second-order valence-corrected chi connectivity index (χ2v) is 6.33. The normalized spacial score (nSPS) is 11.8. The second kappa shape index (κ2) is 9.43. The summed E-state index contributed by atoms with van der Waals surface area (Å²) < 4.78 is 10.6. The zero-order valence-corrected chi connectivity index (χ0v) is 15.5. The van der Waals surface area contributed by atoms with Gasteiger partial charge in [0, 0.05) is 13.1 Å². The third-order valence-electron chi connectivity index (χ3n) is 3.78. The molecule has 0 saturated carbocycles. The molecule has 26 heavy (non-hydrogen) atoms. The number of hydrogen-bond acceptors (Lipinski definition) is 5. The Morgan fingerprint density at radius 1 is 1.31 bits per heavy atom. The molecule has 4 N–H and O–H groups in total. The highest BCUT2D eigenvalue weighted by molar-refractivity contribution is 6.32. The van der Waals surface area contributed by atoms with Crippen LogP contribution in [0.1, 0.15) is 22.8 Å². The molecule has 0 aliphatic heterocycles. The molecule has 1 amide bonds. The third kappa shape index (κ3) is 5.62. The minimum absolute atomic E-state index is 0.274. The fourth-order valence-corrected chi connectivity index (χ4v) is 2.71. The third-order valence-corrected chi connectivity index (χ3v) is 4.06. The topological polar surface area (TPSA) is 93.8 Å². The van der Waals surface area contributed by atoms with Gasteiger partial charge in [-0.1, -0.05) is 41.4 Å². The van der Waals surface area contributed by atoms with Gasteiger partial charge >= 0.3 is 0 Å². The Morgan fingerprint density at radius 2 is 2.00 bits per heavy atom. The lowest BCUT2D eigenvalue weighted by Gasteiger charge is -2.15. The van der Waals surface area contributed by atoms with Gasteiger partial charge in [-0.15, -0.1) is 0 Å². The van der Waals surface area contributed by atoms with E-state index in [0.29, 0.717) is 23.9 Å². The first-order valence-corrected chi connectivity index (χ1v) is 8.51. The van der Waals surface area contributed by atoms with E-state index in [1.54, 1.807) is 12.1 Å². The maximum absolute atomic E-state index is 10.9. The average molecular weight is 379 g/mol. The Hall–Kier alpha value is -2.28. The molecule has 0 fully saturated rings. The van der Waals surface area contributed by atoms with Crippen LogP contribution in [0.5, 0.6) is 11.5 Å². The number of nitrogens with one attached hydrogen (secondary N) is 1. The van der Waals surface area contributed by atoms with Gasteiger partial charge in [0.25, 0.3) is 5.91 Å². The molecule has 1 atom stereocenters. The van der Waals surface area contributed by atoms with E-state index in [1.165, 1.54) is 7.11 Å². The van der Waals surface area contributed by atoms with Crippen LogP contribution in [0, 0.1) is 6.92 Å². The number of aliphatic hydroxyl groups excluding tert-OH is 1. The molecule has 140 valence electrons. The maximum Gasteiger partial charge on any atom is 0.255 e.